The Morgan fingerprint density at radius 1 is 1.10 bits per heavy atom. The summed E-state index contributed by atoms with van der Waals surface area (Å²) in [6.45, 7) is 3.26. The number of rotatable bonds is 5. The van der Waals surface area contributed by atoms with Gasteiger partial charge in [0, 0.05) is 17.2 Å². The van der Waals surface area contributed by atoms with Crippen LogP contribution in [0.5, 0.6) is 0 Å². The van der Waals surface area contributed by atoms with Gasteiger partial charge in [0.05, 0.1) is 6.54 Å². The number of imide groups is 1. The summed E-state index contributed by atoms with van der Waals surface area (Å²) in [5, 5.41) is 5.63. The number of benzene rings is 2. The molecule has 4 amide bonds. The summed E-state index contributed by atoms with van der Waals surface area (Å²) in [6, 6.07) is 13.5. The number of hydrogen-bond donors (Lipinski definition) is 2. The molecule has 1 saturated heterocycles. The highest BCUT2D eigenvalue weighted by Crippen LogP contribution is 2.39. The molecule has 4 rings (SSSR count). The number of carbonyl (C=O) groups is 4. The van der Waals surface area contributed by atoms with E-state index in [0.29, 0.717) is 17.7 Å². The third-order valence-corrected chi connectivity index (χ3v) is 5.95. The van der Waals surface area contributed by atoms with Crippen molar-refractivity contribution < 1.29 is 19.2 Å². The smallest absolute Gasteiger partial charge is 0.325 e. The molecule has 0 aromatic heterocycles. The van der Waals surface area contributed by atoms with Crippen molar-refractivity contribution in [3.05, 3.63) is 65.2 Å². The Labute approximate surface area is 180 Å². The molecule has 0 radical (unpaired) electrons. The van der Waals surface area contributed by atoms with Gasteiger partial charge in [-0.15, -0.1) is 0 Å². The molecule has 0 saturated carbocycles. The molecular formula is C24H25N3O4. The largest absolute Gasteiger partial charge is 0.326 e. The van der Waals surface area contributed by atoms with E-state index in [1.807, 2.05) is 24.3 Å². The highest BCUT2D eigenvalue weighted by molar-refractivity contribution is 6.11. The lowest BCUT2D eigenvalue weighted by atomic mass is 9.76. The van der Waals surface area contributed by atoms with E-state index < -0.39 is 11.6 Å². The van der Waals surface area contributed by atoms with E-state index in [1.165, 1.54) is 0 Å². The number of carbonyl (C=O) groups excluding carboxylic acids is 4. The van der Waals surface area contributed by atoms with Gasteiger partial charge in [0.2, 0.25) is 5.91 Å². The number of nitrogens with zero attached hydrogens (tertiary/aromatic N) is 1. The summed E-state index contributed by atoms with van der Waals surface area (Å²) in [4.78, 5) is 51.6. The summed E-state index contributed by atoms with van der Waals surface area (Å²) in [6.07, 6.45) is 2.16. The molecule has 2 aliphatic rings. The van der Waals surface area contributed by atoms with Crippen LogP contribution >= 0.6 is 0 Å². The molecule has 2 N–H and O–H groups in total. The van der Waals surface area contributed by atoms with Crippen molar-refractivity contribution in [3.8, 4) is 0 Å². The first-order chi connectivity index (χ1) is 14.8. The number of hydrogen-bond acceptors (Lipinski definition) is 4. The zero-order valence-corrected chi connectivity index (χ0v) is 17.6. The van der Waals surface area contributed by atoms with Crippen molar-refractivity contribution in [1.82, 2.24) is 10.2 Å². The fourth-order valence-corrected chi connectivity index (χ4v) is 4.22. The molecule has 7 heteroatoms. The van der Waals surface area contributed by atoms with Crippen LogP contribution in [-0.2, 0) is 21.5 Å². The van der Waals surface area contributed by atoms with Gasteiger partial charge in [0.15, 0.2) is 5.78 Å². The molecule has 0 bridgehead atoms. The molecule has 1 aliphatic carbocycles. The van der Waals surface area contributed by atoms with Gasteiger partial charge in [0.1, 0.15) is 5.54 Å². The van der Waals surface area contributed by atoms with E-state index in [-0.39, 0.29) is 30.1 Å². The van der Waals surface area contributed by atoms with Gasteiger partial charge < -0.3 is 10.6 Å². The highest BCUT2D eigenvalue weighted by atomic mass is 16.2. The second-order valence-corrected chi connectivity index (χ2v) is 8.38. The number of Topliss-reactive ketones (excluding diaryl/α,β-unsaturated/α-hetero) is 1. The summed E-state index contributed by atoms with van der Waals surface area (Å²) in [5.41, 5.74) is 1.74. The Balaban J connectivity index is 1.50. The van der Waals surface area contributed by atoms with Crippen molar-refractivity contribution in [2.45, 2.75) is 38.6 Å². The SMILES string of the molecule is CC(C)C(=O)Nc1ccc(C(=O)CN2C(=O)N[C@@]3(CCCc4ccccc43)C2=O)cc1. The van der Waals surface area contributed by atoms with Gasteiger partial charge in [0.25, 0.3) is 5.91 Å². The third-order valence-electron chi connectivity index (χ3n) is 5.95. The Morgan fingerprint density at radius 3 is 2.52 bits per heavy atom. The van der Waals surface area contributed by atoms with Crippen molar-refractivity contribution in [2.24, 2.45) is 5.92 Å². The van der Waals surface area contributed by atoms with Gasteiger partial charge in [-0.3, -0.25) is 19.3 Å². The molecule has 1 fully saturated rings. The molecule has 0 unspecified atom stereocenters. The van der Waals surface area contributed by atoms with Crippen LogP contribution in [0.4, 0.5) is 10.5 Å². The zero-order chi connectivity index (χ0) is 22.2. The molecule has 2 aromatic carbocycles. The van der Waals surface area contributed by atoms with Crippen molar-refractivity contribution >= 4 is 29.3 Å². The summed E-state index contributed by atoms with van der Waals surface area (Å²) in [5.74, 6) is -0.986. The molecule has 7 nitrogen and oxygen atoms in total. The molecule has 1 heterocycles. The van der Waals surface area contributed by atoms with Crippen molar-refractivity contribution in [3.63, 3.8) is 0 Å². The second-order valence-electron chi connectivity index (χ2n) is 8.38. The van der Waals surface area contributed by atoms with Crippen molar-refractivity contribution in [1.29, 1.82) is 0 Å². The van der Waals surface area contributed by atoms with E-state index in [9.17, 15) is 19.2 Å². The van der Waals surface area contributed by atoms with Crippen LogP contribution < -0.4 is 10.6 Å². The number of anilines is 1. The Hall–Kier alpha value is -3.48. The number of ketones is 1. The minimum atomic E-state index is -1.09. The summed E-state index contributed by atoms with van der Waals surface area (Å²) in [7, 11) is 0. The average Bonchev–Trinajstić information content (AvgIpc) is 2.99. The molecule has 2 aromatic rings. The fourth-order valence-electron chi connectivity index (χ4n) is 4.22. The summed E-state index contributed by atoms with van der Waals surface area (Å²) >= 11 is 0. The second kappa shape index (κ2) is 7.98. The third kappa shape index (κ3) is 3.71. The maximum Gasteiger partial charge on any atom is 0.325 e. The van der Waals surface area contributed by atoms with E-state index in [0.717, 1.165) is 28.9 Å². The first-order valence-corrected chi connectivity index (χ1v) is 10.5. The van der Waals surface area contributed by atoms with Crippen LogP contribution in [0.15, 0.2) is 48.5 Å². The van der Waals surface area contributed by atoms with Crippen LogP contribution in [0, 0.1) is 5.92 Å². The molecule has 1 spiro atoms. The van der Waals surface area contributed by atoms with E-state index in [1.54, 1.807) is 38.1 Å². The Morgan fingerprint density at radius 2 is 1.81 bits per heavy atom. The van der Waals surface area contributed by atoms with E-state index in [2.05, 4.69) is 10.6 Å². The van der Waals surface area contributed by atoms with Crippen LogP contribution in [0.3, 0.4) is 0 Å². The number of fused-ring (bicyclic) bond motifs is 2. The lowest BCUT2D eigenvalue weighted by Crippen LogP contribution is -2.46. The first kappa shape index (κ1) is 20.8. The quantitative estimate of drug-likeness (QED) is 0.574. The van der Waals surface area contributed by atoms with Gasteiger partial charge in [-0.2, -0.15) is 0 Å². The van der Waals surface area contributed by atoms with Gasteiger partial charge >= 0.3 is 6.03 Å². The van der Waals surface area contributed by atoms with Crippen LogP contribution in [-0.4, -0.2) is 35.1 Å². The standard InChI is InChI=1S/C24H25N3O4/c1-15(2)21(29)25-18-11-9-17(10-12-18)20(28)14-27-22(30)24(26-23(27)31)13-5-7-16-6-3-4-8-19(16)24/h3-4,6,8-12,15H,5,7,13-14H2,1-2H3,(H,25,29)(H,26,31)/t24-/m1/s1. The van der Waals surface area contributed by atoms with Gasteiger partial charge in [-0.25, -0.2) is 4.79 Å². The zero-order valence-electron chi connectivity index (χ0n) is 17.6. The Kier molecular flexibility index (Phi) is 5.35. The molecule has 160 valence electrons. The predicted octanol–water partition coefficient (Wildman–Crippen LogP) is 3.25. The van der Waals surface area contributed by atoms with Gasteiger partial charge in [-0.1, -0.05) is 38.1 Å². The topological polar surface area (TPSA) is 95.6 Å². The number of aryl methyl sites for hydroxylation is 1. The van der Waals surface area contributed by atoms with Gasteiger partial charge in [-0.05, 0) is 54.7 Å². The summed E-state index contributed by atoms with van der Waals surface area (Å²) < 4.78 is 0. The number of nitrogens with one attached hydrogen (secondary N) is 2. The maximum absolute atomic E-state index is 13.3. The minimum Gasteiger partial charge on any atom is -0.326 e. The lowest BCUT2D eigenvalue weighted by molar-refractivity contribution is -0.131. The van der Waals surface area contributed by atoms with Crippen LogP contribution in [0.1, 0.15) is 48.2 Å². The molecule has 1 aliphatic heterocycles. The monoisotopic (exact) mass is 419 g/mol. The minimum absolute atomic E-state index is 0.114. The van der Waals surface area contributed by atoms with Crippen molar-refractivity contribution in [2.75, 3.05) is 11.9 Å². The molecular weight excluding hydrogens is 394 g/mol. The number of amides is 4. The van der Waals surface area contributed by atoms with E-state index in [4.69, 9.17) is 0 Å². The molecule has 31 heavy (non-hydrogen) atoms. The normalized spacial score (nSPS) is 20.0. The first-order valence-electron chi connectivity index (χ1n) is 10.5. The van der Waals surface area contributed by atoms with Crippen LogP contribution in [0.2, 0.25) is 0 Å². The number of urea groups is 1. The fraction of sp³-hybridized carbons (Fsp3) is 0.333. The van der Waals surface area contributed by atoms with E-state index >= 15 is 0 Å². The lowest BCUT2D eigenvalue weighted by Gasteiger charge is -2.33. The highest BCUT2D eigenvalue weighted by Gasteiger charge is 2.54. The predicted molar refractivity (Wildman–Crippen MR) is 116 cm³/mol. The maximum atomic E-state index is 13.3. The Bertz CT molecular complexity index is 1060. The molecule has 1 atom stereocenters. The average molecular weight is 419 g/mol. The van der Waals surface area contributed by atoms with Crippen LogP contribution in [0.25, 0.3) is 0 Å².